The van der Waals surface area contributed by atoms with E-state index in [1.54, 1.807) is 30.3 Å². The quantitative estimate of drug-likeness (QED) is 0.156. The lowest BCUT2D eigenvalue weighted by molar-refractivity contribution is -0.384. The molecule has 4 rings (SSSR count). The van der Waals surface area contributed by atoms with Crippen LogP contribution in [0.15, 0.2) is 77.9 Å². The molecule has 0 spiro atoms. The number of phenolic OH excluding ortho intramolecular Hbond substituents is 1. The molecular formula is C23H20N8O4. The molecule has 12 nitrogen and oxygen atoms in total. The molecule has 4 N–H and O–H groups in total. The van der Waals surface area contributed by atoms with Crippen molar-refractivity contribution in [1.29, 1.82) is 0 Å². The van der Waals surface area contributed by atoms with E-state index in [1.165, 1.54) is 25.5 Å². The monoisotopic (exact) mass is 472 g/mol. The minimum Gasteiger partial charge on any atom is -0.504 e. The predicted molar refractivity (Wildman–Crippen MR) is 132 cm³/mol. The highest BCUT2D eigenvalue weighted by molar-refractivity contribution is 5.85. The van der Waals surface area contributed by atoms with Gasteiger partial charge in [-0.3, -0.25) is 10.1 Å². The molecule has 176 valence electrons. The fourth-order valence-corrected chi connectivity index (χ4v) is 2.95. The first-order chi connectivity index (χ1) is 17.0. The summed E-state index contributed by atoms with van der Waals surface area (Å²) in [5, 5.41) is 31.3. The van der Waals surface area contributed by atoms with Crippen molar-refractivity contribution in [3.8, 4) is 11.5 Å². The van der Waals surface area contributed by atoms with Gasteiger partial charge in [0.15, 0.2) is 11.5 Å². The maximum Gasteiger partial charge on any atom is 0.269 e. The van der Waals surface area contributed by atoms with Crippen LogP contribution in [0.3, 0.4) is 0 Å². The summed E-state index contributed by atoms with van der Waals surface area (Å²) in [4.78, 5) is 23.4. The number of anilines is 5. The second-order valence-electron chi connectivity index (χ2n) is 6.99. The van der Waals surface area contributed by atoms with Crippen molar-refractivity contribution in [3.63, 3.8) is 0 Å². The van der Waals surface area contributed by atoms with Crippen molar-refractivity contribution in [2.24, 2.45) is 5.10 Å². The van der Waals surface area contributed by atoms with E-state index < -0.39 is 4.92 Å². The zero-order valence-electron chi connectivity index (χ0n) is 18.4. The van der Waals surface area contributed by atoms with Gasteiger partial charge < -0.3 is 20.5 Å². The number of rotatable bonds is 9. The standard InChI is InChI=1S/C23H20N8O4/c1-35-19-9-5-6-15(20(19)32)14-24-30-23-28-21(25-16-7-3-2-4-8-16)27-22(29-23)26-17-10-12-18(13-11-17)31(33)34/h2-14,32H,1H3,(H3,25,26,27,28,29,30)/b24-14+. The van der Waals surface area contributed by atoms with Crippen LogP contribution in [0.4, 0.5) is 34.9 Å². The third-order valence-electron chi connectivity index (χ3n) is 4.62. The molecule has 0 fully saturated rings. The maximum absolute atomic E-state index is 10.9. The van der Waals surface area contributed by atoms with Crippen LogP contribution in [0.25, 0.3) is 0 Å². The normalized spacial score (nSPS) is 10.7. The lowest BCUT2D eigenvalue weighted by atomic mass is 10.2. The van der Waals surface area contributed by atoms with Crippen LogP contribution < -0.4 is 20.8 Å². The summed E-state index contributed by atoms with van der Waals surface area (Å²) in [5.74, 6) is 0.787. The molecule has 0 aliphatic carbocycles. The molecule has 35 heavy (non-hydrogen) atoms. The molecule has 12 heteroatoms. The van der Waals surface area contributed by atoms with E-state index in [9.17, 15) is 15.2 Å². The van der Waals surface area contributed by atoms with E-state index in [-0.39, 0.29) is 29.3 Å². The highest BCUT2D eigenvalue weighted by Crippen LogP contribution is 2.28. The molecule has 3 aromatic carbocycles. The number of ether oxygens (including phenoxy) is 1. The van der Waals surface area contributed by atoms with E-state index in [4.69, 9.17) is 4.74 Å². The average molecular weight is 472 g/mol. The number of benzene rings is 3. The van der Waals surface area contributed by atoms with Crippen molar-refractivity contribution in [2.75, 3.05) is 23.2 Å². The molecule has 0 saturated heterocycles. The van der Waals surface area contributed by atoms with Crippen LogP contribution in [0.1, 0.15) is 5.56 Å². The summed E-state index contributed by atoms with van der Waals surface area (Å²) < 4.78 is 5.10. The van der Waals surface area contributed by atoms with Crippen LogP contribution in [0.5, 0.6) is 11.5 Å². The second-order valence-corrected chi connectivity index (χ2v) is 6.99. The highest BCUT2D eigenvalue weighted by atomic mass is 16.6. The van der Waals surface area contributed by atoms with Gasteiger partial charge >= 0.3 is 0 Å². The summed E-state index contributed by atoms with van der Waals surface area (Å²) in [5.41, 5.74) is 4.42. The zero-order valence-corrected chi connectivity index (χ0v) is 18.4. The summed E-state index contributed by atoms with van der Waals surface area (Å²) in [6.45, 7) is 0. The molecule has 0 aliphatic rings. The first kappa shape index (κ1) is 22.9. The van der Waals surface area contributed by atoms with Crippen LogP contribution in [-0.2, 0) is 0 Å². The van der Waals surface area contributed by atoms with Gasteiger partial charge in [0.2, 0.25) is 17.8 Å². The van der Waals surface area contributed by atoms with Crippen molar-refractivity contribution < 1.29 is 14.8 Å². The minimum absolute atomic E-state index is 0.0323. The number of non-ortho nitro benzene ring substituents is 1. The molecule has 4 aromatic rings. The summed E-state index contributed by atoms with van der Waals surface area (Å²) in [7, 11) is 1.46. The third-order valence-corrected chi connectivity index (χ3v) is 4.62. The van der Waals surface area contributed by atoms with Gasteiger partial charge in [-0.1, -0.05) is 24.3 Å². The number of nitro groups is 1. The Morgan fingerprint density at radius 2 is 1.51 bits per heavy atom. The summed E-state index contributed by atoms with van der Waals surface area (Å²) in [6.07, 6.45) is 1.40. The number of aromatic hydroxyl groups is 1. The average Bonchev–Trinajstić information content (AvgIpc) is 2.86. The Balaban J connectivity index is 1.58. The smallest absolute Gasteiger partial charge is 0.269 e. The van der Waals surface area contributed by atoms with Crippen molar-refractivity contribution in [1.82, 2.24) is 15.0 Å². The van der Waals surface area contributed by atoms with Crippen LogP contribution >= 0.6 is 0 Å². The van der Waals surface area contributed by atoms with Crippen molar-refractivity contribution in [3.05, 3.63) is 88.5 Å². The summed E-state index contributed by atoms with van der Waals surface area (Å²) in [6, 6.07) is 20.2. The SMILES string of the molecule is COc1cccc(/C=N/Nc2nc(Nc3ccccc3)nc(Nc3ccc([N+](=O)[O-])cc3)n2)c1O. The topological polar surface area (TPSA) is 160 Å². The van der Waals surface area contributed by atoms with Crippen molar-refractivity contribution in [2.45, 2.75) is 0 Å². The molecule has 0 aliphatic heterocycles. The maximum atomic E-state index is 10.9. The predicted octanol–water partition coefficient (Wildman–Crippen LogP) is 4.43. The van der Waals surface area contributed by atoms with Gasteiger partial charge in [0, 0.05) is 29.1 Å². The number of hydrogen-bond donors (Lipinski definition) is 4. The van der Waals surface area contributed by atoms with E-state index in [2.05, 4.69) is 36.1 Å². The molecule has 0 atom stereocenters. The second kappa shape index (κ2) is 10.6. The van der Waals surface area contributed by atoms with Gasteiger partial charge in [0.1, 0.15) is 0 Å². The number of nitrogens with zero attached hydrogens (tertiary/aromatic N) is 5. The third kappa shape index (κ3) is 5.96. The van der Waals surface area contributed by atoms with E-state index >= 15 is 0 Å². The number of hydrazone groups is 1. The number of methoxy groups -OCH3 is 1. The van der Waals surface area contributed by atoms with Gasteiger partial charge in [0.25, 0.3) is 5.69 Å². The van der Waals surface area contributed by atoms with Gasteiger partial charge in [-0.15, -0.1) is 0 Å². The first-order valence-corrected chi connectivity index (χ1v) is 10.3. The Kier molecular flexibility index (Phi) is 6.92. The fourth-order valence-electron chi connectivity index (χ4n) is 2.95. The Morgan fingerprint density at radius 3 is 2.14 bits per heavy atom. The van der Waals surface area contributed by atoms with E-state index in [0.29, 0.717) is 17.0 Å². The number of aromatic nitrogens is 3. The Labute approximate surface area is 199 Å². The Bertz CT molecular complexity index is 1350. The molecule has 1 aromatic heterocycles. The Morgan fingerprint density at radius 1 is 0.886 bits per heavy atom. The molecule has 0 saturated carbocycles. The molecule has 0 unspecified atom stereocenters. The number of nitrogens with one attached hydrogen (secondary N) is 3. The van der Waals surface area contributed by atoms with Crippen molar-refractivity contribution >= 4 is 41.1 Å². The molecule has 1 heterocycles. The largest absolute Gasteiger partial charge is 0.504 e. The van der Waals surface area contributed by atoms with E-state index in [0.717, 1.165) is 5.69 Å². The number of phenols is 1. The minimum atomic E-state index is -0.477. The van der Waals surface area contributed by atoms with Crippen LogP contribution in [0.2, 0.25) is 0 Å². The van der Waals surface area contributed by atoms with Gasteiger partial charge in [-0.05, 0) is 36.4 Å². The Hall–Kier alpha value is -5.26. The fraction of sp³-hybridized carbons (Fsp3) is 0.0435. The molecule has 0 radical (unpaired) electrons. The number of para-hydroxylation sites is 2. The number of nitro benzene ring substituents is 1. The summed E-state index contributed by atoms with van der Waals surface area (Å²) >= 11 is 0. The lowest BCUT2D eigenvalue weighted by Gasteiger charge is -2.10. The van der Waals surface area contributed by atoms with E-state index in [1.807, 2.05) is 30.3 Å². The van der Waals surface area contributed by atoms with Gasteiger partial charge in [-0.25, -0.2) is 5.43 Å². The van der Waals surface area contributed by atoms with Crippen LogP contribution in [0, 0.1) is 10.1 Å². The van der Waals surface area contributed by atoms with Gasteiger partial charge in [-0.2, -0.15) is 20.1 Å². The van der Waals surface area contributed by atoms with Crippen LogP contribution in [-0.4, -0.2) is 38.3 Å². The molecular weight excluding hydrogens is 452 g/mol. The highest BCUT2D eigenvalue weighted by Gasteiger charge is 2.10. The lowest BCUT2D eigenvalue weighted by Crippen LogP contribution is -2.07. The number of hydrogen-bond acceptors (Lipinski definition) is 11. The first-order valence-electron chi connectivity index (χ1n) is 10.3. The zero-order chi connectivity index (χ0) is 24.6. The van der Waals surface area contributed by atoms with Gasteiger partial charge in [0.05, 0.1) is 18.2 Å². The molecule has 0 amide bonds. The molecule has 0 bridgehead atoms.